The summed E-state index contributed by atoms with van der Waals surface area (Å²) in [7, 11) is 3.69. The predicted octanol–water partition coefficient (Wildman–Crippen LogP) is 4.48. The van der Waals surface area contributed by atoms with E-state index in [1.807, 2.05) is 12.1 Å². The Morgan fingerprint density at radius 1 is 1.03 bits per heavy atom. The average molecular weight is 552 g/mol. The third kappa shape index (κ3) is 7.93. The first-order valence-corrected chi connectivity index (χ1v) is 14.1. The van der Waals surface area contributed by atoms with Crippen LogP contribution in [-0.2, 0) is 21.2 Å². The number of benzene rings is 2. The number of hydrogen-bond acceptors (Lipinski definition) is 6. The van der Waals surface area contributed by atoms with Crippen molar-refractivity contribution in [1.82, 2.24) is 9.21 Å². The van der Waals surface area contributed by atoms with Crippen LogP contribution in [0.5, 0.6) is 5.75 Å². The number of ether oxygens (including phenoxy) is 1. The number of rotatable bonds is 10. The van der Waals surface area contributed by atoms with E-state index in [-0.39, 0.29) is 36.1 Å². The van der Waals surface area contributed by atoms with Gasteiger partial charge in [0.2, 0.25) is 10.0 Å². The standard InChI is InChI=1S/C28H41N3O4S.ClH/c1-21-18-27(35-6)19-22(2)28(21)36(33,34)30(5)16-14-26(32)20-23-9-11-25(12-10-23)31-15-7-8-24(13-17-31)29(3)4;/h9-12,18-19,24H,7-8,13-17,20H2,1-6H3;1H. The highest BCUT2D eigenvalue weighted by Crippen LogP contribution is 2.28. The van der Waals surface area contributed by atoms with Crippen LogP contribution in [0, 0.1) is 13.8 Å². The molecular formula is C28H42ClN3O4S. The zero-order valence-electron chi connectivity index (χ0n) is 23.0. The summed E-state index contributed by atoms with van der Waals surface area (Å²) in [6, 6.07) is 12.3. The van der Waals surface area contributed by atoms with Gasteiger partial charge in [-0.15, -0.1) is 12.4 Å². The Labute approximate surface area is 229 Å². The van der Waals surface area contributed by atoms with Gasteiger partial charge in [0.05, 0.1) is 12.0 Å². The molecule has 0 spiro atoms. The molecule has 206 valence electrons. The molecule has 0 amide bonds. The van der Waals surface area contributed by atoms with Crippen molar-refractivity contribution in [2.45, 2.75) is 56.9 Å². The molecule has 1 heterocycles. The fourth-order valence-electron chi connectivity index (χ4n) is 4.99. The van der Waals surface area contributed by atoms with Crippen LogP contribution in [0.1, 0.15) is 42.4 Å². The van der Waals surface area contributed by atoms with Crippen molar-refractivity contribution in [2.24, 2.45) is 0 Å². The van der Waals surface area contributed by atoms with Gasteiger partial charge in [-0.2, -0.15) is 0 Å². The molecule has 1 saturated heterocycles. The van der Waals surface area contributed by atoms with Crippen LogP contribution >= 0.6 is 12.4 Å². The van der Waals surface area contributed by atoms with E-state index in [0.717, 1.165) is 25.1 Å². The Bertz CT molecular complexity index is 1130. The minimum Gasteiger partial charge on any atom is -0.497 e. The Morgan fingerprint density at radius 3 is 2.22 bits per heavy atom. The minimum atomic E-state index is -3.71. The summed E-state index contributed by atoms with van der Waals surface area (Å²) < 4.78 is 32.9. The summed E-state index contributed by atoms with van der Waals surface area (Å²) in [5, 5.41) is 0. The van der Waals surface area contributed by atoms with Crippen molar-refractivity contribution >= 4 is 33.9 Å². The smallest absolute Gasteiger partial charge is 0.243 e. The largest absolute Gasteiger partial charge is 0.497 e. The number of hydrogen-bond donors (Lipinski definition) is 0. The summed E-state index contributed by atoms with van der Waals surface area (Å²) >= 11 is 0. The SMILES string of the molecule is COc1cc(C)c(S(=O)(=O)N(C)CCC(=O)Cc2ccc(N3CCCC(N(C)C)CC3)cc2)c(C)c1.Cl. The maximum absolute atomic E-state index is 13.2. The summed E-state index contributed by atoms with van der Waals surface area (Å²) in [6.45, 7) is 5.76. The number of sulfonamides is 1. The number of halogens is 1. The quantitative estimate of drug-likeness (QED) is 0.434. The van der Waals surface area contributed by atoms with Gasteiger partial charge in [-0.25, -0.2) is 12.7 Å². The van der Waals surface area contributed by atoms with Crippen molar-refractivity contribution < 1.29 is 17.9 Å². The van der Waals surface area contributed by atoms with E-state index in [9.17, 15) is 13.2 Å². The molecular weight excluding hydrogens is 510 g/mol. The van der Waals surface area contributed by atoms with Crippen molar-refractivity contribution in [3.05, 3.63) is 53.1 Å². The molecule has 1 aliphatic heterocycles. The van der Waals surface area contributed by atoms with E-state index in [1.165, 1.54) is 29.9 Å². The molecule has 0 N–H and O–H groups in total. The molecule has 2 aromatic rings. The zero-order valence-corrected chi connectivity index (χ0v) is 24.6. The van der Waals surface area contributed by atoms with Crippen LogP contribution in [0.25, 0.3) is 0 Å². The van der Waals surface area contributed by atoms with Gasteiger partial charge in [0.15, 0.2) is 0 Å². The Balaban J connectivity index is 0.00000481. The molecule has 3 rings (SSSR count). The van der Waals surface area contributed by atoms with E-state index in [2.05, 4.69) is 36.0 Å². The number of carbonyl (C=O) groups is 1. The molecule has 0 saturated carbocycles. The molecule has 0 aliphatic carbocycles. The van der Waals surface area contributed by atoms with Gasteiger partial charge in [-0.3, -0.25) is 4.79 Å². The first kappa shape index (κ1) is 31.1. The molecule has 1 fully saturated rings. The lowest BCUT2D eigenvalue weighted by molar-refractivity contribution is -0.118. The molecule has 0 radical (unpaired) electrons. The van der Waals surface area contributed by atoms with Crippen LogP contribution in [0.3, 0.4) is 0 Å². The number of nitrogens with zero attached hydrogens (tertiary/aromatic N) is 3. The number of ketones is 1. The second-order valence-electron chi connectivity index (χ2n) is 10.1. The molecule has 1 unspecified atom stereocenters. The molecule has 37 heavy (non-hydrogen) atoms. The van der Waals surface area contributed by atoms with Crippen LogP contribution in [0.15, 0.2) is 41.3 Å². The van der Waals surface area contributed by atoms with E-state index in [1.54, 1.807) is 33.1 Å². The van der Waals surface area contributed by atoms with Crippen LogP contribution < -0.4 is 9.64 Å². The lowest BCUT2D eigenvalue weighted by Gasteiger charge is -2.25. The lowest BCUT2D eigenvalue weighted by Crippen LogP contribution is -2.30. The third-order valence-electron chi connectivity index (χ3n) is 7.17. The fraction of sp³-hybridized carbons (Fsp3) is 0.536. The summed E-state index contributed by atoms with van der Waals surface area (Å²) in [6.07, 6.45) is 4.02. The zero-order chi connectivity index (χ0) is 26.5. The molecule has 0 bridgehead atoms. The molecule has 2 aromatic carbocycles. The van der Waals surface area contributed by atoms with Gasteiger partial charge in [0.25, 0.3) is 0 Å². The topological polar surface area (TPSA) is 70.2 Å². The normalized spacial score (nSPS) is 16.4. The van der Waals surface area contributed by atoms with Gasteiger partial charge in [-0.1, -0.05) is 12.1 Å². The van der Waals surface area contributed by atoms with E-state index in [4.69, 9.17) is 4.74 Å². The first-order chi connectivity index (χ1) is 17.0. The second kappa shape index (κ2) is 13.6. The van der Waals surface area contributed by atoms with Crippen LogP contribution in [-0.4, -0.2) is 77.3 Å². The highest BCUT2D eigenvalue weighted by atomic mass is 35.5. The van der Waals surface area contributed by atoms with E-state index >= 15 is 0 Å². The van der Waals surface area contributed by atoms with Gasteiger partial charge >= 0.3 is 0 Å². The number of aryl methyl sites for hydroxylation is 2. The van der Waals surface area contributed by atoms with E-state index < -0.39 is 10.0 Å². The van der Waals surface area contributed by atoms with Gasteiger partial charge in [-0.05, 0) is 88.2 Å². The van der Waals surface area contributed by atoms with Crippen molar-refractivity contribution in [1.29, 1.82) is 0 Å². The molecule has 9 heteroatoms. The summed E-state index contributed by atoms with van der Waals surface area (Å²) in [5.41, 5.74) is 3.41. The van der Waals surface area contributed by atoms with Gasteiger partial charge < -0.3 is 14.5 Å². The predicted molar refractivity (Wildman–Crippen MR) is 153 cm³/mol. The molecule has 0 aromatic heterocycles. The molecule has 1 aliphatic rings. The first-order valence-electron chi connectivity index (χ1n) is 12.7. The fourth-order valence-corrected chi connectivity index (χ4v) is 6.56. The molecule has 7 nitrogen and oxygen atoms in total. The maximum atomic E-state index is 13.2. The lowest BCUT2D eigenvalue weighted by atomic mass is 10.1. The number of Topliss-reactive ketones (excluding diaryl/α,β-unsaturated/α-hetero) is 1. The monoisotopic (exact) mass is 551 g/mol. The molecule has 1 atom stereocenters. The number of methoxy groups -OCH3 is 1. The Morgan fingerprint density at radius 2 is 1.65 bits per heavy atom. The minimum absolute atomic E-state index is 0. The maximum Gasteiger partial charge on any atom is 0.243 e. The van der Waals surface area contributed by atoms with Gasteiger partial charge in [0, 0.05) is 51.3 Å². The highest BCUT2D eigenvalue weighted by Gasteiger charge is 2.26. The summed E-state index contributed by atoms with van der Waals surface area (Å²) in [4.78, 5) is 17.7. The van der Waals surface area contributed by atoms with Gasteiger partial charge in [0.1, 0.15) is 11.5 Å². The summed E-state index contributed by atoms with van der Waals surface area (Å²) in [5.74, 6) is 0.651. The number of anilines is 1. The van der Waals surface area contributed by atoms with Crippen molar-refractivity contribution in [3.63, 3.8) is 0 Å². The van der Waals surface area contributed by atoms with Crippen molar-refractivity contribution in [2.75, 3.05) is 52.8 Å². The van der Waals surface area contributed by atoms with Crippen LogP contribution in [0.2, 0.25) is 0 Å². The van der Waals surface area contributed by atoms with E-state index in [0.29, 0.717) is 29.3 Å². The second-order valence-corrected chi connectivity index (χ2v) is 12.1. The third-order valence-corrected chi connectivity index (χ3v) is 9.34. The average Bonchev–Trinajstić information content (AvgIpc) is 3.09. The highest BCUT2D eigenvalue weighted by molar-refractivity contribution is 7.89. The van der Waals surface area contributed by atoms with Crippen molar-refractivity contribution in [3.8, 4) is 5.75 Å². The Kier molecular flexibility index (Phi) is 11.4. The Hall–Kier alpha value is -2.13. The van der Waals surface area contributed by atoms with Crippen LogP contribution in [0.4, 0.5) is 5.69 Å². The number of carbonyl (C=O) groups excluding carboxylic acids is 1.